The maximum absolute atomic E-state index is 11.3. The summed E-state index contributed by atoms with van der Waals surface area (Å²) < 4.78 is 1.84. The molecule has 3 rings (SSSR count). The van der Waals surface area contributed by atoms with Crippen molar-refractivity contribution in [2.24, 2.45) is 0 Å². The number of anilines is 1. The standard InChI is InChI=1S/C18H22N6O/c1-4-15(25)19-10-11-20-17-16-12(2)23-24(14-8-6-5-7-9-14)18(16)22-13(3)21-17/h5-9H,4,10-11H2,1-3H3,(H,19,25)(H,20,21,22). The Morgan fingerprint density at radius 3 is 2.60 bits per heavy atom. The molecular weight excluding hydrogens is 316 g/mol. The van der Waals surface area contributed by atoms with Gasteiger partial charge in [-0.15, -0.1) is 0 Å². The van der Waals surface area contributed by atoms with Crippen LogP contribution in [0.1, 0.15) is 24.9 Å². The second-order valence-electron chi connectivity index (χ2n) is 5.78. The summed E-state index contributed by atoms with van der Waals surface area (Å²) >= 11 is 0. The number of para-hydroxylation sites is 1. The number of carbonyl (C=O) groups excluding carboxylic acids is 1. The molecule has 0 atom stereocenters. The zero-order valence-electron chi connectivity index (χ0n) is 14.7. The van der Waals surface area contributed by atoms with Crippen LogP contribution in [0.25, 0.3) is 16.7 Å². The Balaban J connectivity index is 1.92. The average molecular weight is 338 g/mol. The van der Waals surface area contributed by atoms with E-state index in [4.69, 9.17) is 0 Å². The molecule has 2 N–H and O–H groups in total. The van der Waals surface area contributed by atoms with Gasteiger partial charge < -0.3 is 10.6 Å². The number of hydrogen-bond acceptors (Lipinski definition) is 5. The van der Waals surface area contributed by atoms with Crippen molar-refractivity contribution in [1.29, 1.82) is 0 Å². The van der Waals surface area contributed by atoms with Crippen LogP contribution in [0.3, 0.4) is 0 Å². The van der Waals surface area contributed by atoms with Crippen molar-refractivity contribution in [1.82, 2.24) is 25.1 Å². The lowest BCUT2D eigenvalue weighted by atomic mass is 10.3. The number of rotatable bonds is 6. The van der Waals surface area contributed by atoms with E-state index in [2.05, 4.69) is 25.7 Å². The van der Waals surface area contributed by atoms with Gasteiger partial charge in [0.15, 0.2) is 5.65 Å². The highest BCUT2D eigenvalue weighted by Gasteiger charge is 2.16. The second-order valence-corrected chi connectivity index (χ2v) is 5.78. The molecule has 0 aliphatic heterocycles. The van der Waals surface area contributed by atoms with E-state index >= 15 is 0 Å². The van der Waals surface area contributed by atoms with E-state index in [1.165, 1.54) is 0 Å². The van der Waals surface area contributed by atoms with Crippen molar-refractivity contribution in [2.75, 3.05) is 18.4 Å². The SMILES string of the molecule is CCC(=O)NCCNc1nc(C)nc2c1c(C)nn2-c1ccccc1. The third-order valence-electron chi connectivity index (χ3n) is 3.88. The summed E-state index contributed by atoms with van der Waals surface area (Å²) in [4.78, 5) is 20.4. The Kier molecular flexibility index (Phi) is 4.92. The van der Waals surface area contributed by atoms with Crippen LogP contribution in [-0.4, -0.2) is 38.7 Å². The quantitative estimate of drug-likeness (QED) is 0.674. The van der Waals surface area contributed by atoms with E-state index in [1.54, 1.807) is 0 Å². The average Bonchev–Trinajstić information content (AvgIpc) is 2.95. The van der Waals surface area contributed by atoms with E-state index in [0.717, 1.165) is 28.2 Å². The van der Waals surface area contributed by atoms with Crippen LogP contribution < -0.4 is 10.6 Å². The molecule has 0 aliphatic rings. The van der Waals surface area contributed by atoms with E-state index in [1.807, 2.05) is 55.8 Å². The fourth-order valence-electron chi connectivity index (χ4n) is 2.68. The van der Waals surface area contributed by atoms with Gasteiger partial charge in [-0.2, -0.15) is 5.10 Å². The summed E-state index contributed by atoms with van der Waals surface area (Å²) in [6.45, 7) is 6.78. The number of carbonyl (C=O) groups is 1. The second kappa shape index (κ2) is 7.29. The minimum atomic E-state index is 0.0406. The van der Waals surface area contributed by atoms with Crippen LogP contribution >= 0.6 is 0 Å². The highest BCUT2D eigenvalue weighted by Crippen LogP contribution is 2.26. The van der Waals surface area contributed by atoms with E-state index in [9.17, 15) is 4.79 Å². The third kappa shape index (κ3) is 3.60. The molecule has 0 spiro atoms. The van der Waals surface area contributed by atoms with Gasteiger partial charge in [-0.25, -0.2) is 14.6 Å². The Bertz CT molecular complexity index is 887. The van der Waals surface area contributed by atoms with E-state index < -0.39 is 0 Å². The largest absolute Gasteiger partial charge is 0.368 e. The summed E-state index contributed by atoms with van der Waals surface area (Å²) in [6.07, 6.45) is 0.486. The van der Waals surface area contributed by atoms with Crippen LogP contribution in [0.5, 0.6) is 0 Å². The fourth-order valence-corrected chi connectivity index (χ4v) is 2.68. The molecule has 1 aromatic carbocycles. The van der Waals surface area contributed by atoms with Gasteiger partial charge in [0.2, 0.25) is 5.91 Å². The predicted molar refractivity (Wildman–Crippen MR) is 97.9 cm³/mol. The first-order valence-electron chi connectivity index (χ1n) is 8.40. The lowest BCUT2D eigenvalue weighted by molar-refractivity contribution is -0.120. The number of fused-ring (bicyclic) bond motifs is 1. The predicted octanol–water partition coefficient (Wildman–Crippen LogP) is 2.37. The molecule has 3 aromatic rings. The fraction of sp³-hybridized carbons (Fsp3) is 0.333. The highest BCUT2D eigenvalue weighted by molar-refractivity contribution is 5.90. The molecule has 0 bridgehead atoms. The Labute approximate surface area is 146 Å². The number of aromatic nitrogens is 4. The lowest BCUT2D eigenvalue weighted by Crippen LogP contribution is -2.28. The van der Waals surface area contributed by atoms with Gasteiger partial charge in [-0.05, 0) is 26.0 Å². The van der Waals surface area contributed by atoms with Gasteiger partial charge in [0, 0.05) is 19.5 Å². The third-order valence-corrected chi connectivity index (χ3v) is 3.88. The summed E-state index contributed by atoms with van der Waals surface area (Å²) in [5, 5.41) is 11.7. The van der Waals surface area contributed by atoms with Gasteiger partial charge in [0.05, 0.1) is 16.8 Å². The van der Waals surface area contributed by atoms with Gasteiger partial charge in [0.25, 0.3) is 0 Å². The topological polar surface area (TPSA) is 84.7 Å². The molecule has 2 heterocycles. The van der Waals surface area contributed by atoms with Crippen LogP contribution in [0.15, 0.2) is 30.3 Å². The van der Waals surface area contributed by atoms with Crippen molar-refractivity contribution in [3.63, 3.8) is 0 Å². The molecule has 7 nitrogen and oxygen atoms in total. The molecule has 1 amide bonds. The molecule has 130 valence electrons. The monoisotopic (exact) mass is 338 g/mol. The molecule has 25 heavy (non-hydrogen) atoms. The van der Waals surface area contributed by atoms with Crippen molar-refractivity contribution < 1.29 is 4.79 Å². The normalized spacial score (nSPS) is 10.8. The Hall–Kier alpha value is -2.96. The maximum Gasteiger partial charge on any atom is 0.219 e. The van der Waals surface area contributed by atoms with Crippen LogP contribution in [-0.2, 0) is 4.79 Å². The van der Waals surface area contributed by atoms with Gasteiger partial charge >= 0.3 is 0 Å². The first-order valence-corrected chi connectivity index (χ1v) is 8.40. The number of hydrogen-bond donors (Lipinski definition) is 2. The molecule has 0 fully saturated rings. The summed E-state index contributed by atoms with van der Waals surface area (Å²) in [7, 11) is 0. The molecule has 7 heteroatoms. The zero-order valence-corrected chi connectivity index (χ0v) is 14.7. The number of aryl methyl sites for hydroxylation is 2. The minimum Gasteiger partial charge on any atom is -0.368 e. The smallest absolute Gasteiger partial charge is 0.219 e. The number of amides is 1. The summed E-state index contributed by atoms with van der Waals surface area (Å²) in [5.74, 6) is 1.46. The van der Waals surface area contributed by atoms with Crippen molar-refractivity contribution >= 4 is 22.8 Å². The van der Waals surface area contributed by atoms with Crippen LogP contribution in [0, 0.1) is 13.8 Å². The van der Waals surface area contributed by atoms with Crippen LogP contribution in [0.4, 0.5) is 5.82 Å². The van der Waals surface area contributed by atoms with Crippen molar-refractivity contribution in [3.8, 4) is 5.69 Å². The van der Waals surface area contributed by atoms with Gasteiger partial charge in [0.1, 0.15) is 11.6 Å². The number of benzene rings is 1. The molecule has 0 saturated carbocycles. The Morgan fingerprint density at radius 1 is 1.12 bits per heavy atom. The van der Waals surface area contributed by atoms with Crippen molar-refractivity contribution in [3.05, 3.63) is 41.9 Å². The molecule has 0 aliphatic carbocycles. The van der Waals surface area contributed by atoms with Crippen LogP contribution in [0.2, 0.25) is 0 Å². The molecule has 2 aromatic heterocycles. The Morgan fingerprint density at radius 2 is 1.88 bits per heavy atom. The molecule has 0 saturated heterocycles. The zero-order chi connectivity index (χ0) is 17.8. The molecule has 0 radical (unpaired) electrons. The number of nitrogens with one attached hydrogen (secondary N) is 2. The summed E-state index contributed by atoms with van der Waals surface area (Å²) in [5.41, 5.74) is 2.59. The lowest BCUT2D eigenvalue weighted by Gasteiger charge is -2.09. The van der Waals surface area contributed by atoms with E-state index in [-0.39, 0.29) is 5.91 Å². The summed E-state index contributed by atoms with van der Waals surface area (Å²) in [6, 6.07) is 9.91. The molecule has 0 unspecified atom stereocenters. The minimum absolute atomic E-state index is 0.0406. The van der Waals surface area contributed by atoms with Crippen molar-refractivity contribution in [2.45, 2.75) is 27.2 Å². The first kappa shape index (κ1) is 16.9. The van der Waals surface area contributed by atoms with Gasteiger partial charge in [-0.1, -0.05) is 25.1 Å². The molecular formula is C18H22N6O. The van der Waals surface area contributed by atoms with Gasteiger partial charge in [-0.3, -0.25) is 4.79 Å². The first-order chi connectivity index (χ1) is 12.1. The maximum atomic E-state index is 11.3. The number of nitrogens with zero attached hydrogens (tertiary/aromatic N) is 4. The van der Waals surface area contributed by atoms with E-state index in [0.29, 0.717) is 25.3 Å². The highest BCUT2D eigenvalue weighted by atomic mass is 16.1.